The molecule has 164 valence electrons. The molecule has 0 saturated carbocycles. The molecule has 1 N–H and O–H groups in total. The molecular weight excluding hydrogens is 461 g/mol. The van der Waals surface area contributed by atoms with Crippen LogP contribution >= 0.6 is 11.6 Å². The van der Waals surface area contributed by atoms with Gasteiger partial charge in [-0.25, -0.2) is 13.4 Å². The molecule has 0 aliphatic carbocycles. The summed E-state index contributed by atoms with van der Waals surface area (Å²) in [6.45, 7) is 0. The zero-order chi connectivity index (χ0) is 23.0. The molecule has 1 atom stereocenters. The maximum Gasteiger partial charge on any atom is 0.501 e. The average molecular weight is 475 g/mol. The minimum atomic E-state index is -5.75. The maximum atomic E-state index is 12.9. The van der Waals surface area contributed by atoms with Crippen LogP contribution in [0.1, 0.15) is 17.4 Å². The number of hydrogen-bond acceptors (Lipinski definition) is 6. The molecule has 8 nitrogen and oxygen atoms in total. The van der Waals surface area contributed by atoms with Gasteiger partial charge in [0.25, 0.3) is 15.5 Å². The van der Waals surface area contributed by atoms with Gasteiger partial charge in [-0.2, -0.15) is 13.2 Å². The van der Waals surface area contributed by atoms with Crippen LogP contribution in [0, 0.1) is 10.1 Å². The molecule has 0 saturated heterocycles. The molecule has 0 amide bonds. The Kier molecular flexibility index (Phi) is 5.96. The Balaban J connectivity index is 2.10. The standard InChI is InChI=1S/C18H14ClF3N4O4S/c1-25-9-8-23-17(25)16(11-2-4-12(19)5-3-11)24-14-7-6-13(10-15(14)26(27)28)31(29,30)18(20,21)22/h2-10,16,24H,1H3/t16-/m1/s1. The van der Waals surface area contributed by atoms with Gasteiger partial charge >= 0.3 is 5.51 Å². The first-order valence-electron chi connectivity index (χ1n) is 8.51. The summed E-state index contributed by atoms with van der Waals surface area (Å²) in [6.07, 6.45) is 3.15. The van der Waals surface area contributed by atoms with Gasteiger partial charge in [0.2, 0.25) is 0 Å². The van der Waals surface area contributed by atoms with E-state index < -0.39 is 36.9 Å². The molecule has 0 aliphatic rings. The van der Waals surface area contributed by atoms with Crippen LogP contribution in [0.3, 0.4) is 0 Å². The number of alkyl halides is 3. The number of sulfone groups is 1. The summed E-state index contributed by atoms with van der Waals surface area (Å²) in [4.78, 5) is 13.6. The fourth-order valence-corrected chi connectivity index (χ4v) is 3.76. The van der Waals surface area contributed by atoms with Gasteiger partial charge < -0.3 is 9.88 Å². The van der Waals surface area contributed by atoms with Gasteiger partial charge in [0.05, 0.1) is 9.82 Å². The smallest absolute Gasteiger partial charge is 0.366 e. The first-order valence-corrected chi connectivity index (χ1v) is 10.4. The SMILES string of the molecule is Cn1ccnc1[C@H](Nc1ccc(S(=O)(=O)C(F)(F)F)cc1[N+](=O)[O-])c1ccc(Cl)cc1. The predicted octanol–water partition coefficient (Wildman–Crippen LogP) is 4.48. The van der Waals surface area contributed by atoms with E-state index in [-0.39, 0.29) is 5.69 Å². The Morgan fingerprint density at radius 3 is 2.35 bits per heavy atom. The lowest BCUT2D eigenvalue weighted by Gasteiger charge is -2.20. The third-order valence-corrected chi connectivity index (χ3v) is 6.14. The van der Waals surface area contributed by atoms with Gasteiger partial charge in [-0.1, -0.05) is 23.7 Å². The van der Waals surface area contributed by atoms with E-state index in [1.807, 2.05) is 0 Å². The lowest BCUT2D eigenvalue weighted by molar-refractivity contribution is -0.384. The molecule has 0 bridgehead atoms. The Bertz CT molecular complexity index is 1230. The molecular formula is C18H14ClF3N4O4S. The van der Waals surface area contributed by atoms with Crippen molar-refractivity contribution in [3.63, 3.8) is 0 Å². The van der Waals surface area contributed by atoms with Crippen molar-refractivity contribution in [3.8, 4) is 0 Å². The third-order valence-electron chi connectivity index (χ3n) is 4.40. The number of halogens is 4. The number of hydrogen-bond donors (Lipinski definition) is 1. The average Bonchev–Trinajstić information content (AvgIpc) is 3.11. The maximum absolute atomic E-state index is 12.9. The molecule has 13 heteroatoms. The van der Waals surface area contributed by atoms with E-state index in [9.17, 15) is 31.7 Å². The van der Waals surface area contributed by atoms with Crippen molar-refractivity contribution >= 4 is 32.8 Å². The lowest BCUT2D eigenvalue weighted by atomic mass is 10.1. The Morgan fingerprint density at radius 2 is 1.84 bits per heavy atom. The molecule has 3 rings (SSSR count). The quantitative estimate of drug-likeness (QED) is 0.417. The van der Waals surface area contributed by atoms with Gasteiger partial charge in [0.1, 0.15) is 17.6 Å². The highest BCUT2D eigenvalue weighted by Crippen LogP contribution is 2.37. The van der Waals surface area contributed by atoms with E-state index in [1.54, 1.807) is 42.1 Å². The molecule has 31 heavy (non-hydrogen) atoms. The van der Waals surface area contributed by atoms with Crippen LogP contribution in [-0.2, 0) is 16.9 Å². The Morgan fingerprint density at radius 1 is 1.19 bits per heavy atom. The fourth-order valence-electron chi connectivity index (χ4n) is 2.85. The summed E-state index contributed by atoms with van der Waals surface area (Å²) in [5.74, 6) is 0.448. The largest absolute Gasteiger partial charge is 0.501 e. The predicted molar refractivity (Wildman–Crippen MR) is 106 cm³/mol. The van der Waals surface area contributed by atoms with Crippen LogP contribution in [0.5, 0.6) is 0 Å². The second-order valence-corrected chi connectivity index (χ2v) is 8.79. The summed E-state index contributed by atoms with van der Waals surface area (Å²) < 4.78 is 63.5. The van der Waals surface area contributed by atoms with Gasteiger partial charge in [-0.15, -0.1) is 0 Å². The minimum Gasteiger partial charge on any atom is -0.366 e. The highest BCUT2D eigenvalue weighted by molar-refractivity contribution is 7.92. The number of aryl methyl sites for hydroxylation is 1. The molecule has 3 aromatic rings. The number of rotatable bonds is 6. The zero-order valence-corrected chi connectivity index (χ0v) is 17.2. The number of benzene rings is 2. The van der Waals surface area contributed by atoms with Gasteiger partial charge in [-0.3, -0.25) is 10.1 Å². The van der Waals surface area contributed by atoms with E-state index in [2.05, 4.69) is 10.3 Å². The van der Waals surface area contributed by atoms with Crippen LogP contribution in [0.25, 0.3) is 0 Å². The van der Waals surface area contributed by atoms with Gasteiger partial charge in [-0.05, 0) is 29.8 Å². The van der Waals surface area contributed by atoms with Crippen LogP contribution in [0.15, 0.2) is 59.8 Å². The minimum absolute atomic E-state index is 0.186. The molecule has 0 fully saturated rings. The van der Waals surface area contributed by atoms with E-state index in [0.717, 1.165) is 6.07 Å². The lowest BCUT2D eigenvalue weighted by Crippen LogP contribution is -2.23. The molecule has 0 spiro atoms. The second-order valence-electron chi connectivity index (χ2n) is 6.41. The van der Waals surface area contributed by atoms with Crippen molar-refractivity contribution in [2.75, 3.05) is 5.32 Å². The van der Waals surface area contributed by atoms with Gasteiger partial charge in [0.15, 0.2) is 0 Å². The second kappa shape index (κ2) is 8.19. The first-order chi connectivity index (χ1) is 14.4. The van der Waals surface area contributed by atoms with Crippen LogP contribution in [0.2, 0.25) is 5.02 Å². The monoisotopic (exact) mass is 474 g/mol. The van der Waals surface area contributed by atoms with Crippen molar-refractivity contribution in [2.45, 2.75) is 16.4 Å². The number of nitro benzene ring substituents is 1. The van der Waals surface area contributed by atoms with E-state index in [4.69, 9.17) is 11.6 Å². The van der Waals surface area contributed by atoms with Crippen molar-refractivity contribution in [3.05, 3.63) is 81.4 Å². The normalized spacial score (nSPS) is 13.1. The number of nitrogens with one attached hydrogen (secondary N) is 1. The van der Waals surface area contributed by atoms with Crippen LogP contribution in [0.4, 0.5) is 24.5 Å². The molecule has 1 aromatic heterocycles. The fraction of sp³-hybridized carbons (Fsp3) is 0.167. The van der Waals surface area contributed by atoms with Crippen molar-refractivity contribution < 1.29 is 26.5 Å². The molecule has 0 unspecified atom stereocenters. The molecule has 0 aliphatic heterocycles. The first kappa shape index (κ1) is 22.6. The van der Waals surface area contributed by atoms with Crippen LogP contribution in [-0.4, -0.2) is 28.4 Å². The summed E-state index contributed by atoms with van der Waals surface area (Å²) in [7, 11) is -4.05. The summed E-state index contributed by atoms with van der Waals surface area (Å²) in [5, 5.41) is 14.9. The molecule has 1 heterocycles. The number of nitrogens with zero attached hydrogens (tertiary/aromatic N) is 3. The van der Waals surface area contributed by atoms with Crippen molar-refractivity contribution in [1.29, 1.82) is 0 Å². The molecule has 2 aromatic carbocycles. The number of anilines is 1. The summed E-state index contributed by atoms with van der Waals surface area (Å²) in [6, 6.07) is 7.72. The Labute approximate surface area is 179 Å². The highest BCUT2D eigenvalue weighted by Gasteiger charge is 2.47. The molecule has 0 radical (unpaired) electrons. The van der Waals surface area contributed by atoms with Gasteiger partial charge in [0, 0.05) is 30.5 Å². The van der Waals surface area contributed by atoms with Crippen molar-refractivity contribution in [1.82, 2.24) is 9.55 Å². The zero-order valence-electron chi connectivity index (χ0n) is 15.7. The number of aromatic nitrogens is 2. The van der Waals surface area contributed by atoms with Crippen molar-refractivity contribution in [2.24, 2.45) is 7.05 Å². The topological polar surface area (TPSA) is 107 Å². The summed E-state index contributed by atoms with van der Waals surface area (Å²) >= 11 is 5.92. The van der Waals surface area contributed by atoms with Crippen LogP contribution < -0.4 is 5.32 Å². The Hall–Kier alpha value is -3.12. The van der Waals surface area contributed by atoms with E-state index in [1.165, 1.54) is 6.20 Å². The summed E-state index contributed by atoms with van der Waals surface area (Å²) in [5.41, 5.74) is -6.00. The number of imidazole rings is 1. The van der Waals surface area contributed by atoms with E-state index >= 15 is 0 Å². The third kappa shape index (κ3) is 4.49. The van der Waals surface area contributed by atoms with E-state index in [0.29, 0.717) is 28.5 Å². The number of nitro groups is 1. The highest BCUT2D eigenvalue weighted by atomic mass is 35.5.